The van der Waals surface area contributed by atoms with Crippen LogP contribution in [-0.4, -0.2) is 11.2 Å². The van der Waals surface area contributed by atoms with Crippen LogP contribution in [0.25, 0.3) is 0 Å². The van der Waals surface area contributed by atoms with Gasteiger partial charge < -0.3 is 5.11 Å². The predicted molar refractivity (Wildman–Crippen MR) is 124 cm³/mol. The molecule has 1 N–H and O–H groups in total. The molecule has 4 aliphatic carbocycles. The van der Waals surface area contributed by atoms with Gasteiger partial charge in [0.2, 0.25) is 0 Å². The number of rotatable bonds is 5. The van der Waals surface area contributed by atoms with Crippen molar-refractivity contribution in [2.75, 3.05) is 0 Å². The summed E-state index contributed by atoms with van der Waals surface area (Å²) >= 11 is 0. The largest absolute Gasteiger partial charge is 0.393 e. The summed E-state index contributed by atoms with van der Waals surface area (Å²) < 4.78 is 0. The summed E-state index contributed by atoms with van der Waals surface area (Å²) in [5.41, 5.74) is 4.17. The van der Waals surface area contributed by atoms with Gasteiger partial charge in [-0.3, -0.25) is 0 Å². The molecule has 0 radical (unpaired) electrons. The molecule has 0 aliphatic heterocycles. The van der Waals surface area contributed by atoms with Crippen LogP contribution in [0.4, 0.5) is 0 Å². The lowest BCUT2D eigenvalue weighted by Gasteiger charge is -2.55. The number of aliphatic hydroxyl groups excluding tert-OH is 1. The van der Waals surface area contributed by atoms with E-state index in [9.17, 15) is 5.11 Å². The lowest BCUT2D eigenvalue weighted by atomic mass is 9.50. The van der Waals surface area contributed by atoms with Crippen molar-refractivity contribution in [3.05, 3.63) is 23.3 Å². The van der Waals surface area contributed by atoms with Crippen LogP contribution in [-0.2, 0) is 0 Å². The van der Waals surface area contributed by atoms with E-state index in [4.69, 9.17) is 0 Å². The minimum absolute atomic E-state index is 0.108. The Labute approximate surface area is 180 Å². The Kier molecular flexibility index (Phi) is 5.86. The minimum atomic E-state index is -0.108. The molecule has 0 aromatic rings. The molecule has 4 aliphatic rings. The number of allylic oxidation sites excluding steroid dienone is 3. The van der Waals surface area contributed by atoms with Crippen LogP contribution in [0.5, 0.6) is 0 Å². The van der Waals surface area contributed by atoms with Gasteiger partial charge in [0.25, 0.3) is 0 Å². The SMILES string of the molecule is CC(C)C(C)CCC(C)C1CCC2C3=CC=C4CC(O)CCC4(C)C3CCC21C. The van der Waals surface area contributed by atoms with E-state index in [0.717, 1.165) is 48.3 Å². The number of aliphatic hydroxyl groups is 1. The van der Waals surface area contributed by atoms with E-state index in [2.05, 4.69) is 53.7 Å². The van der Waals surface area contributed by atoms with Crippen LogP contribution < -0.4 is 0 Å². The molecule has 0 heterocycles. The van der Waals surface area contributed by atoms with Crippen molar-refractivity contribution < 1.29 is 5.11 Å². The minimum Gasteiger partial charge on any atom is -0.393 e. The molecule has 0 spiro atoms. The van der Waals surface area contributed by atoms with Crippen LogP contribution in [0, 0.1) is 46.3 Å². The van der Waals surface area contributed by atoms with Crippen molar-refractivity contribution in [3.8, 4) is 0 Å². The molecule has 1 heteroatoms. The zero-order valence-corrected chi connectivity index (χ0v) is 20.0. The predicted octanol–water partition coefficient (Wildman–Crippen LogP) is 7.55. The van der Waals surface area contributed by atoms with Crippen LogP contribution in [0.1, 0.15) is 99.3 Å². The van der Waals surface area contributed by atoms with Gasteiger partial charge in [-0.1, -0.05) is 77.7 Å². The van der Waals surface area contributed by atoms with Crippen LogP contribution >= 0.6 is 0 Å². The number of hydrogen-bond acceptors (Lipinski definition) is 1. The van der Waals surface area contributed by atoms with Crippen LogP contribution in [0.3, 0.4) is 0 Å². The molecule has 3 saturated carbocycles. The molecule has 0 aromatic heterocycles. The molecule has 4 rings (SSSR count). The molecular formula is C28H46O. The summed E-state index contributed by atoms with van der Waals surface area (Å²) in [5.74, 6) is 4.97. The zero-order chi connectivity index (χ0) is 21.0. The van der Waals surface area contributed by atoms with Gasteiger partial charge in [-0.15, -0.1) is 0 Å². The van der Waals surface area contributed by atoms with E-state index < -0.39 is 0 Å². The van der Waals surface area contributed by atoms with Gasteiger partial charge in [-0.05, 0) is 91.3 Å². The maximum Gasteiger partial charge on any atom is 0.0578 e. The molecule has 8 atom stereocenters. The molecule has 0 saturated heterocycles. The van der Waals surface area contributed by atoms with Gasteiger partial charge in [-0.2, -0.15) is 0 Å². The summed E-state index contributed by atoms with van der Waals surface area (Å²) in [6.45, 7) is 14.9. The van der Waals surface area contributed by atoms with E-state index in [1.54, 1.807) is 11.1 Å². The quantitative estimate of drug-likeness (QED) is 0.506. The van der Waals surface area contributed by atoms with Crippen molar-refractivity contribution in [3.63, 3.8) is 0 Å². The molecule has 3 fully saturated rings. The van der Waals surface area contributed by atoms with Crippen LogP contribution in [0.15, 0.2) is 23.3 Å². The monoisotopic (exact) mass is 398 g/mol. The summed E-state index contributed by atoms with van der Waals surface area (Å²) in [6, 6.07) is 0. The van der Waals surface area contributed by atoms with Gasteiger partial charge in [0.05, 0.1) is 6.10 Å². The standard InChI is InChI=1S/C28H46O/c1-18(2)19(3)7-8-20(4)24-11-12-25-23-10-9-21-17-22(29)13-15-27(21,5)26(23)14-16-28(24,25)6/h9-10,18-20,22,24-26,29H,7-8,11-17H2,1-6H3. The van der Waals surface area contributed by atoms with Crippen molar-refractivity contribution in [1.29, 1.82) is 0 Å². The molecule has 29 heavy (non-hydrogen) atoms. The third-order valence-electron chi connectivity index (χ3n) is 10.5. The lowest BCUT2D eigenvalue weighted by molar-refractivity contribution is 0.0317. The van der Waals surface area contributed by atoms with Gasteiger partial charge in [0.15, 0.2) is 0 Å². The summed E-state index contributed by atoms with van der Waals surface area (Å²) in [7, 11) is 0. The van der Waals surface area contributed by atoms with Gasteiger partial charge >= 0.3 is 0 Å². The molecule has 0 aromatic carbocycles. The van der Waals surface area contributed by atoms with Gasteiger partial charge in [-0.25, -0.2) is 0 Å². The Bertz CT molecular complexity index is 672. The van der Waals surface area contributed by atoms with Crippen molar-refractivity contribution in [2.45, 2.75) is 105 Å². The summed E-state index contributed by atoms with van der Waals surface area (Å²) in [4.78, 5) is 0. The zero-order valence-electron chi connectivity index (χ0n) is 20.0. The Balaban J connectivity index is 1.52. The van der Waals surface area contributed by atoms with E-state index in [1.807, 2.05) is 0 Å². The normalized spacial score (nSPS) is 43.7. The fraction of sp³-hybridized carbons (Fsp3) is 0.857. The fourth-order valence-electron chi connectivity index (χ4n) is 8.02. The highest BCUT2D eigenvalue weighted by Gasteiger charge is 2.56. The average Bonchev–Trinajstić information content (AvgIpc) is 3.03. The Morgan fingerprint density at radius 1 is 0.931 bits per heavy atom. The maximum absolute atomic E-state index is 10.2. The highest BCUT2D eigenvalue weighted by atomic mass is 16.3. The smallest absolute Gasteiger partial charge is 0.0578 e. The second-order valence-corrected chi connectivity index (χ2v) is 12.3. The molecule has 8 unspecified atom stereocenters. The first-order valence-electron chi connectivity index (χ1n) is 12.8. The molecule has 0 bridgehead atoms. The average molecular weight is 399 g/mol. The Morgan fingerprint density at radius 3 is 2.41 bits per heavy atom. The molecule has 0 amide bonds. The van der Waals surface area contributed by atoms with E-state index in [-0.39, 0.29) is 6.10 Å². The van der Waals surface area contributed by atoms with E-state index in [1.165, 1.54) is 44.9 Å². The third kappa shape index (κ3) is 3.58. The second kappa shape index (κ2) is 7.85. The first-order valence-corrected chi connectivity index (χ1v) is 12.8. The Hall–Kier alpha value is -0.560. The Morgan fingerprint density at radius 2 is 1.69 bits per heavy atom. The summed E-state index contributed by atoms with van der Waals surface area (Å²) in [6.07, 6.45) is 16.4. The molecule has 164 valence electrons. The van der Waals surface area contributed by atoms with Crippen molar-refractivity contribution in [2.24, 2.45) is 46.3 Å². The van der Waals surface area contributed by atoms with Gasteiger partial charge in [0, 0.05) is 0 Å². The highest BCUT2D eigenvalue weighted by molar-refractivity contribution is 5.38. The lowest BCUT2D eigenvalue weighted by Crippen LogP contribution is -2.46. The van der Waals surface area contributed by atoms with Crippen molar-refractivity contribution in [1.82, 2.24) is 0 Å². The third-order valence-corrected chi connectivity index (χ3v) is 10.5. The van der Waals surface area contributed by atoms with E-state index >= 15 is 0 Å². The number of fused-ring (bicyclic) bond motifs is 5. The fourth-order valence-corrected chi connectivity index (χ4v) is 8.02. The number of hydrogen-bond donors (Lipinski definition) is 1. The second-order valence-electron chi connectivity index (χ2n) is 12.3. The van der Waals surface area contributed by atoms with Gasteiger partial charge in [0.1, 0.15) is 0 Å². The highest BCUT2D eigenvalue weighted by Crippen LogP contribution is 2.66. The topological polar surface area (TPSA) is 20.2 Å². The van der Waals surface area contributed by atoms with Crippen LogP contribution in [0.2, 0.25) is 0 Å². The molecule has 1 nitrogen and oxygen atoms in total. The van der Waals surface area contributed by atoms with Crippen molar-refractivity contribution >= 4 is 0 Å². The maximum atomic E-state index is 10.2. The first kappa shape index (κ1) is 21.7. The van der Waals surface area contributed by atoms with E-state index in [0.29, 0.717) is 10.8 Å². The molecular weight excluding hydrogens is 352 g/mol. The summed E-state index contributed by atoms with van der Waals surface area (Å²) in [5, 5.41) is 10.2. The first-order chi connectivity index (χ1) is 13.7.